The first-order chi connectivity index (χ1) is 18.7. The number of rotatable bonds is 9. The Hall–Kier alpha value is -4.42. The van der Waals surface area contributed by atoms with E-state index >= 15 is 0 Å². The highest BCUT2D eigenvalue weighted by molar-refractivity contribution is 6.76. The van der Waals surface area contributed by atoms with Crippen molar-refractivity contribution < 1.29 is 9.47 Å². The van der Waals surface area contributed by atoms with Crippen molar-refractivity contribution in [3.05, 3.63) is 71.1 Å². The molecule has 0 aliphatic heterocycles. The van der Waals surface area contributed by atoms with Gasteiger partial charge in [-0.3, -0.25) is 4.79 Å². The number of methoxy groups -OCH3 is 1. The fourth-order valence-electron chi connectivity index (χ4n) is 4.16. The van der Waals surface area contributed by atoms with Gasteiger partial charge in [-0.15, -0.1) is 5.10 Å². The first-order valence-electron chi connectivity index (χ1n) is 12.5. The summed E-state index contributed by atoms with van der Waals surface area (Å²) in [7, 11) is 0.326. The molecule has 0 radical (unpaired) electrons. The zero-order chi connectivity index (χ0) is 27.6. The van der Waals surface area contributed by atoms with Crippen LogP contribution in [-0.4, -0.2) is 56.5 Å². The number of nitrogens with two attached hydrogens (primary N) is 1. The molecule has 0 fully saturated rings. The van der Waals surface area contributed by atoms with Gasteiger partial charge in [-0.2, -0.15) is 4.68 Å². The third-order valence-corrected chi connectivity index (χ3v) is 7.97. The van der Waals surface area contributed by atoms with Crippen molar-refractivity contribution >= 4 is 24.9 Å². The number of benzene rings is 2. The summed E-state index contributed by atoms with van der Waals surface area (Å²) < 4.78 is 14.4. The number of hydrogen-bond acceptors (Lipinski definition) is 9. The van der Waals surface area contributed by atoms with Crippen molar-refractivity contribution in [1.82, 2.24) is 34.7 Å². The largest absolute Gasteiger partial charge is 0.480 e. The molecule has 200 valence electrons. The molecule has 0 aliphatic rings. The van der Waals surface area contributed by atoms with Gasteiger partial charge in [0.15, 0.2) is 5.82 Å². The Bertz CT molecular complexity index is 1680. The molecule has 11 nitrogen and oxygen atoms in total. The minimum atomic E-state index is -1.22. The Balaban J connectivity index is 1.52. The molecule has 0 saturated carbocycles. The normalized spacial score (nSPS) is 11.7. The Morgan fingerprint density at radius 3 is 2.56 bits per heavy atom. The van der Waals surface area contributed by atoms with Crippen molar-refractivity contribution in [3.8, 4) is 34.1 Å². The number of ether oxygens (including phenoxy) is 2. The topological polar surface area (TPSA) is 136 Å². The maximum Gasteiger partial charge on any atom is 0.267 e. The van der Waals surface area contributed by atoms with Crippen LogP contribution >= 0.6 is 0 Å². The molecule has 5 aromatic rings. The van der Waals surface area contributed by atoms with Gasteiger partial charge in [0.05, 0.1) is 29.3 Å². The number of nitrogen functional groups attached to an aromatic ring is 1. The van der Waals surface area contributed by atoms with Gasteiger partial charge in [0.1, 0.15) is 6.73 Å². The SMILES string of the molecule is COc1ncc(-c2ccc3nc(N)n(-c4ccccc4)c(=O)c3c2)cc1-c1nnnn1COCC[Si](C)(C)C. The molecule has 0 spiro atoms. The minimum Gasteiger partial charge on any atom is -0.480 e. The second-order valence-electron chi connectivity index (χ2n) is 10.3. The summed E-state index contributed by atoms with van der Waals surface area (Å²) in [5.41, 5.74) is 9.18. The molecule has 5 rings (SSSR count). The molecule has 3 heterocycles. The summed E-state index contributed by atoms with van der Waals surface area (Å²) in [6.45, 7) is 7.75. The van der Waals surface area contributed by atoms with Crippen molar-refractivity contribution in [2.75, 3.05) is 19.5 Å². The predicted molar refractivity (Wildman–Crippen MR) is 152 cm³/mol. The van der Waals surface area contributed by atoms with E-state index in [9.17, 15) is 4.79 Å². The van der Waals surface area contributed by atoms with Crippen LogP contribution in [0.2, 0.25) is 25.7 Å². The van der Waals surface area contributed by atoms with Gasteiger partial charge in [-0.25, -0.2) is 14.5 Å². The van der Waals surface area contributed by atoms with E-state index in [1.807, 2.05) is 42.5 Å². The van der Waals surface area contributed by atoms with E-state index in [1.165, 1.54) is 4.57 Å². The lowest BCUT2D eigenvalue weighted by molar-refractivity contribution is 0.0783. The average Bonchev–Trinajstić information content (AvgIpc) is 3.39. The third kappa shape index (κ3) is 5.56. The molecule has 12 heteroatoms. The number of para-hydroxylation sites is 1. The number of pyridine rings is 1. The summed E-state index contributed by atoms with van der Waals surface area (Å²) in [5.74, 6) is 0.966. The maximum atomic E-state index is 13.5. The number of aromatic nitrogens is 7. The quantitative estimate of drug-likeness (QED) is 0.216. The lowest BCUT2D eigenvalue weighted by atomic mass is 10.0. The van der Waals surface area contributed by atoms with Gasteiger partial charge in [0, 0.05) is 26.4 Å². The maximum absolute atomic E-state index is 13.5. The Morgan fingerprint density at radius 1 is 1.03 bits per heavy atom. The molecular formula is C27H30N8O3Si. The molecule has 0 saturated heterocycles. The van der Waals surface area contributed by atoms with Crippen LogP contribution in [0, 0.1) is 0 Å². The van der Waals surface area contributed by atoms with Gasteiger partial charge < -0.3 is 15.2 Å². The van der Waals surface area contributed by atoms with E-state index in [1.54, 1.807) is 30.1 Å². The number of tetrazole rings is 1. The highest BCUT2D eigenvalue weighted by Crippen LogP contribution is 2.32. The monoisotopic (exact) mass is 542 g/mol. The lowest BCUT2D eigenvalue weighted by Gasteiger charge is -2.15. The predicted octanol–water partition coefficient (Wildman–Crippen LogP) is 4.00. The van der Waals surface area contributed by atoms with E-state index < -0.39 is 8.07 Å². The summed E-state index contributed by atoms with van der Waals surface area (Å²) in [6.07, 6.45) is 1.68. The Morgan fingerprint density at radius 2 is 1.82 bits per heavy atom. The molecule has 0 atom stereocenters. The van der Waals surface area contributed by atoms with Crippen LogP contribution < -0.4 is 16.0 Å². The van der Waals surface area contributed by atoms with Crippen LogP contribution in [0.1, 0.15) is 0 Å². The van der Waals surface area contributed by atoms with Gasteiger partial charge in [-0.1, -0.05) is 43.9 Å². The fraction of sp³-hybridized carbons (Fsp3) is 0.259. The van der Waals surface area contributed by atoms with Crippen molar-refractivity contribution in [1.29, 1.82) is 0 Å². The second kappa shape index (κ2) is 10.7. The van der Waals surface area contributed by atoms with Crippen LogP contribution in [0.25, 0.3) is 39.1 Å². The zero-order valence-electron chi connectivity index (χ0n) is 22.3. The molecule has 0 aliphatic carbocycles. The van der Waals surface area contributed by atoms with Crippen molar-refractivity contribution in [2.45, 2.75) is 32.4 Å². The molecule has 0 amide bonds. The first-order valence-corrected chi connectivity index (χ1v) is 16.2. The van der Waals surface area contributed by atoms with E-state index in [0.717, 1.165) is 17.2 Å². The van der Waals surface area contributed by atoms with Gasteiger partial charge >= 0.3 is 0 Å². The smallest absolute Gasteiger partial charge is 0.267 e. The molecule has 0 unspecified atom stereocenters. The zero-order valence-corrected chi connectivity index (χ0v) is 23.3. The van der Waals surface area contributed by atoms with Crippen LogP contribution in [0.4, 0.5) is 5.95 Å². The summed E-state index contributed by atoms with van der Waals surface area (Å²) in [5, 5.41) is 12.6. The second-order valence-corrected chi connectivity index (χ2v) is 15.9. The summed E-state index contributed by atoms with van der Waals surface area (Å²) in [6, 6.07) is 17.6. The van der Waals surface area contributed by atoms with Crippen LogP contribution in [0.5, 0.6) is 5.88 Å². The molecule has 2 N–H and O–H groups in total. The van der Waals surface area contributed by atoms with Crippen LogP contribution in [0.15, 0.2) is 65.6 Å². The third-order valence-electron chi connectivity index (χ3n) is 6.27. The van der Waals surface area contributed by atoms with Gasteiger partial charge in [-0.05, 0) is 52.4 Å². The van der Waals surface area contributed by atoms with Gasteiger partial charge in [0.2, 0.25) is 11.8 Å². The number of fused-ring (bicyclic) bond motifs is 1. The fourth-order valence-corrected chi connectivity index (χ4v) is 4.91. The molecule has 2 aromatic carbocycles. The highest BCUT2D eigenvalue weighted by atomic mass is 28.3. The van der Waals surface area contributed by atoms with Gasteiger partial charge in [0.25, 0.3) is 5.56 Å². The Labute approximate surface area is 226 Å². The van der Waals surface area contributed by atoms with E-state index in [-0.39, 0.29) is 18.2 Å². The van der Waals surface area contributed by atoms with E-state index in [4.69, 9.17) is 15.2 Å². The summed E-state index contributed by atoms with van der Waals surface area (Å²) >= 11 is 0. The van der Waals surface area contributed by atoms with Crippen molar-refractivity contribution in [2.24, 2.45) is 0 Å². The number of nitrogens with zero attached hydrogens (tertiary/aromatic N) is 7. The highest BCUT2D eigenvalue weighted by Gasteiger charge is 2.19. The molecule has 3 aromatic heterocycles. The lowest BCUT2D eigenvalue weighted by Crippen LogP contribution is -2.23. The average molecular weight is 543 g/mol. The number of anilines is 1. The van der Waals surface area contributed by atoms with Crippen LogP contribution in [0.3, 0.4) is 0 Å². The number of hydrogen-bond donors (Lipinski definition) is 1. The minimum absolute atomic E-state index is 0.124. The van der Waals surface area contributed by atoms with E-state index in [2.05, 4.69) is 45.1 Å². The van der Waals surface area contributed by atoms with Crippen molar-refractivity contribution in [3.63, 3.8) is 0 Å². The van der Waals surface area contributed by atoms with E-state index in [0.29, 0.717) is 40.5 Å². The molecule has 0 bridgehead atoms. The molecular weight excluding hydrogens is 512 g/mol. The standard InChI is InChI=1S/C27H30N8O3Si/c1-37-25-22(24-31-32-33-34(24)17-38-12-13-39(2,3)4)15-19(16-29-25)18-10-11-23-21(14-18)26(36)35(27(28)30-23)20-8-6-5-7-9-20/h5-11,14-16H,12-13,17H2,1-4H3,(H2,28,30). The van der Waals surface area contributed by atoms with Crippen LogP contribution in [-0.2, 0) is 11.5 Å². The molecule has 39 heavy (non-hydrogen) atoms. The Kier molecular flexibility index (Phi) is 7.22. The summed E-state index contributed by atoms with van der Waals surface area (Å²) in [4.78, 5) is 22.4. The first kappa shape index (κ1) is 26.2.